The van der Waals surface area contributed by atoms with Crippen LogP contribution in [-0.4, -0.2) is 0 Å². The van der Waals surface area contributed by atoms with Crippen molar-refractivity contribution in [3.63, 3.8) is 0 Å². The summed E-state index contributed by atoms with van der Waals surface area (Å²) >= 11 is 15.3. The lowest BCUT2D eigenvalue weighted by atomic mass is 9.92. The van der Waals surface area contributed by atoms with Gasteiger partial charge in [0.15, 0.2) is 0 Å². The largest absolute Gasteiger partial charge is 0.0617 e. The van der Waals surface area contributed by atoms with Gasteiger partial charge in [-0.1, -0.05) is 215 Å². The summed E-state index contributed by atoms with van der Waals surface area (Å²) < 4.78 is 4.58. The van der Waals surface area contributed by atoms with Crippen molar-refractivity contribution in [1.29, 1.82) is 0 Å². The molecule has 0 aromatic heterocycles. The molecule has 0 radical (unpaired) electrons. The van der Waals surface area contributed by atoms with Gasteiger partial charge in [-0.25, -0.2) is 0 Å². The van der Waals surface area contributed by atoms with Crippen LogP contribution in [0.1, 0.15) is 150 Å². The van der Waals surface area contributed by atoms with E-state index >= 15 is 0 Å². The van der Waals surface area contributed by atoms with Gasteiger partial charge in [0.2, 0.25) is 0 Å². The van der Waals surface area contributed by atoms with Crippen LogP contribution in [0.15, 0.2) is 194 Å². The summed E-state index contributed by atoms with van der Waals surface area (Å²) in [5.41, 5.74) is 44.0. The zero-order valence-corrected chi connectivity index (χ0v) is 68.8. The van der Waals surface area contributed by atoms with Crippen molar-refractivity contribution in [2.45, 2.75) is 180 Å². The maximum absolute atomic E-state index is 3.82. The first-order chi connectivity index (χ1) is 45.1. The summed E-state index contributed by atoms with van der Waals surface area (Å²) in [5, 5.41) is 0. The molecular formula is C92H106Br4. The van der Waals surface area contributed by atoms with Crippen LogP contribution in [0.5, 0.6) is 0 Å². The van der Waals surface area contributed by atoms with E-state index < -0.39 is 0 Å². The van der Waals surface area contributed by atoms with E-state index in [4.69, 9.17) is 0 Å². The molecule has 0 heterocycles. The fourth-order valence-electron chi connectivity index (χ4n) is 10.8. The second-order valence-corrected chi connectivity index (χ2v) is 30.0. The maximum Gasteiger partial charge on any atom is 0.0297 e. The minimum absolute atomic E-state index is 1.03. The Labute approximate surface area is 615 Å². The van der Waals surface area contributed by atoms with E-state index in [1.54, 1.807) is 0 Å². The van der Waals surface area contributed by atoms with Crippen LogP contribution >= 0.6 is 63.7 Å². The van der Waals surface area contributed by atoms with Crippen LogP contribution in [0.2, 0.25) is 0 Å². The highest BCUT2D eigenvalue weighted by Crippen LogP contribution is 2.49. The minimum atomic E-state index is 1.03. The van der Waals surface area contributed by atoms with Crippen molar-refractivity contribution in [2.75, 3.05) is 0 Å². The Bertz CT molecular complexity index is 4060. The molecule has 0 nitrogen and oxygen atoms in total. The topological polar surface area (TPSA) is 0 Å². The third kappa shape index (κ3) is 23.0. The predicted molar refractivity (Wildman–Crippen MR) is 440 cm³/mol. The van der Waals surface area contributed by atoms with E-state index in [1.807, 2.05) is 0 Å². The lowest BCUT2D eigenvalue weighted by Crippen LogP contribution is -1.99. The molecule has 502 valence electrons. The Kier molecular flexibility index (Phi) is 31.1. The first-order valence-electron chi connectivity index (χ1n) is 33.5. The van der Waals surface area contributed by atoms with Crippen molar-refractivity contribution < 1.29 is 0 Å². The number of hydrogen-bond acceptors (Lipinski definition) is 0. The first kappa shape index (κ1) is 80.0. The summed E-state index contributed by atoms with van der Waals surface area (Å²) in [6, 6.07) is 63.4. The van der Waals surface area contributed by atoms with E-state index in [2.05, 4.69) is 413 Å². The van der Waals surface area contributed by atoms with Gasteiger partial charge in [0.05, 0.1) is 0 Å². The van der Waals surface area contributed by atoms with Gasteiger partial charge < -0.3 is 0 Å². The van der Waals surface area contributed by atoms with E-state index in [0.717, 1.165) is 24.3 Å². The van der Waals surface area contributed by atoms with E-state index in [1.165, 1.54) is 184 Å². The molecule has 11 aromatic rings. The quantitative estimate of drug-likeness (QED) is 0.161. The van der Waals surface area contributed by atoms with Gasteiger partial charge in [0, 0.05) is 29.0 Å². The highest BCUT2D eigenvalue weighted by molar-refractivity contribution is 9.11. The summed E-state index contributed by atoms with van der Waals surface area (Å²) in [6.45, 7) is 53.8. The SMILES string of the molecule is Cc1c(C)c(Br)c(-c2c(Br)c(C)c(C)c(C)c2Br)c(Br)c1C.Cc1cc(-c2cc(C)c(C)c(C)c2)cc(C)c1C.Cc1ccc(-c2ccc(C)c(C)c2)cc1C.Cc1ccc(C)c(C)c1.Cc1ccc(C)cc1.Cc1ccc(Cc2ccc(C)cc2)cc1.Cc1cccc(C)c1. The molecule has 0 unspecified atom stereocenters. The van der Waals surface area contributed by atoms with Crippen LogP contribution < -0.4 is 0 Å². The van der Waals surface area contributed by atoms with E-state index in [0.29, 0.717) is 0 Å². The Morgan fingerprint density at radius 3 is 0.677 bits per heavy atom. The molecule has 0 aliphatic rings. The molecule has 0 atom stereocenters. The Morgan fingerprint density at radius 2 is 0.427 bits per heavy atom. The van der Waals surface area contributed by atoms with Gasteiger partial charge in [-0.3, -0.25) is 0 Å². The summed E-state index contributed by atoms with van der Waals surface area (Å²) in [7, 11) is 0. The summed E-state index contributed by atoms with van der Waals surface area (Å²) in [5.74, 6) is 0. The Balaban J connectivity index is 0.000000208. The molecular weight excluding hydrogens is 1420 g/mol. The zero-order valence-electron chi connectivity index (χ0n) is 62.5. The molecule has 0 spiro atoms. The normalized spacial score (nSPS) is 10.4. The number of rotatable bonds is 5. The summed E-state index contributed by atoms with van der Waals surface area (Å²) in [4.78, 5) is 0. The molecule has 4 heteroatoms. The molecule has 0 bridgehead atoms. The molecule has 0 N–H and O–H groups in total. The zero-order chi connectivity index (χ0) is 71.6. The summed E-state index contributed by atoms with van der Waals surface area (Å²) in [6.07, 6.45) is 1.03. The van der Waals surface area contributed by atoms with Gasteiger partial charge in [0.25, 0.3) is 0 Å². The second kappa shape index (κ2) is 37.3. The first-order valence-corrected chi connectivity index (χ1v) is 36.7. The van der Waals surface area contributed by atoms with Gasteiger partial charge >= 0.3 is 0 Å². The number of aryl methyl sites for hydroxylation is 17. The molecule has 0 amide bonds. The highest BCUT2D eigenvalue weighted by atomic mass is 79.9. The molecule has 0 fully saturated rings. The standard InChI is InChI=1S/C18H18Br4.C18H22.C16H18.C15H16.C9H12.2C8H10/c1-7-9(3)15(19)13(16(20)10(7)4)14-17(21)11(5)8(2)12(6)18(14)22;1-11-7-17(8-12(2)15(11)5)18-9-13(3)16(6)14(4)10-18;1-11-5-7-15(9-13(11)3)16-8-6-12(2)14(4)10-16;1-12-3-7-14(8-4-12)11-15-9-5-13(2)6-10-15;1-7-4-5-8(2)9(3)6-7;1-7-3-5-8(2)6-4-7;1-7-4-3-5-8(2)6-7/h1-6H3;7-10H,1-6H3;5-10H,1-4H3;3-10H,11H2,1-2H3;4-6H,1-3H3;2*3-6H,1-2H3. The highest BCUT2D eigenvalue weighted by Gasteiger charge is 2.23. The molecule has 96 heavy (non-hydrogen) atoms. The maximum atomic E-state index is 3.82. The number of benzene rings is 11. The van der Waals surface area contributed by atoms with Crippen LogP contribution in [0.3, 0.4) is 0 Å². The number of halogens is 4. The molecule has 11 aromatic carbocycles. The predicted octanol–water partition coefficient (Wildman–Crippen LogP) is 29.2. The molecule has 0 aliphatic carbocycles. The average Bonchev–Trinajstić information content (AvgIpc) is 0.757. The van der Waals surface area contributed by atoms with Crippen molar-refractivity contribution in [3.8, 4) is 33.4 Å². The molecule has 0 saturated carbocycles. The van der Waals surface area contributed by atoms with Gasteiger partial charge in [-0.05, 0) is 377 Å². The van der Waals surface area contributed by atoms with Crippen LogP contribution in [-0.2, 0) is 6.42 Å². The van der Waals surface area contributed by atoms with E-state index in [-0.39, 0.29) is 0 Å². The van der Waals surface area contributed by atoms with Crippen LogP contribution in [0, 0.1) is 173 Å². The lowest BCUT2D eigenvalue weighted by molar-refractivity contribution is 1.18. The van der Waals surface area contributed by atoms with Crippen molar-refractivity contribution in [3.05, 3.63) is 344 Å². The van der Waals surface area contributed by atoms with Gasteiger partial charge in [-0.2, -0.15) is 0 Å². The van der Waals surface area contributed by atoms with Crippen LogP contribution in [0.25, 0.3) is 33.4 Å². The van der Waals surface area contributed by atoms with Crippen LogP contribution in [0.4, 0.5) is 0 Å². The Morgan fingerprint density at radius 1 is 0.188 bits per heavy atom. The third-order valence-corrected chi connectivity index (χ3v) is 22.9. The van der Waals surface area contributed by atoms with Crippen molar-refractivity contribution >= 4 is 63.7 Å². The lowest BCUT2D eigenvalue weighted by Gasteiger charge is -2.22. The average molecular weight is 1530 g/mol. The smallest absolute Gasteiger partial charge is 0.0297 e. The number of hydrogen-bond donors (Lipinski definition) is 0. The van der Waals surface area contributed by atoms with Crippen molar-refractivity contribution in [2.24, 2.45) is 0 Å². The minimum Gasteiger partial charge on any atom is -0.0617 e. The van der Waals surface area contributed by atoms with E-state index in [9.17, 15) is 0 Å². The molecule has 0 saturated heterocycles. The monoisotopic (exact) mass is 1530 g/mol. The molecule has 11 rings (SSSR count). The van der Waals surface area contributed by atoms with Gasteiger partial charge in [-0.15, -0.1) is 0 Å². The fraction of sp³-hybridized carbons (Fsp3) is 0.283. The fourth-order valence-corrected chi connectivity index (χ4v) is 14.1. The Hall–Kier alpha value is -6.66. The van der Waals surface area contributed by atoms with Crippen molar-refractivity contribution in [1.82, 2.24) is 0 Å². The van der Waals surface area contributed by atoms with Gasteiger partial charge in [0.1, 0.15) is 0 Å². The third-order valence-electron chi connectivity index (χ3n) is 18.9. The molecule has 0 aliphatic heterocycles. The second-order valence-electron chi connectivity index (χ2n) is 26.9.